The predicted octanol–water partition coefficient (Wildman–Crippen LogP) is 2.72. The van der Waals surface area contributed by atoms with Crippen molar-refractivity contribution in [3.05, 3.63) is 60.2 Å². The molecule has 0 fully saturated rings. The van der Waals surface area contributed by atoms with E-state index in [4.69, 9.17) is 12.2 Å². The smallest absolute Gasteiger partial charge is 0.347 e. The van der Waals surface area contributed by atoms with E-state index in [-0.39, 0.29) is 6.03 Å². The largest absolute Gasteiger partial charge is 0.350 e. The van der Waals surface area contributed by atoms with Crippen molar-refractivity contribution >= 4 is 46.7 Å². The van der Waals surface area contributed by atoms with Crippen molar-refractivity contribution in [2.24, 2.45) is 10.2 Å². The molecule has 2 aromatic heterocycles. The van der Waals surface area contributed by atoms with Gasteiger partial charge in [-0.25, -0.2) is 10.2 Å². The SMILES string of the molecule is C/C(=N/NC(=S)N(C)CCSN(C)C(=O)N/N=C(\C)c1ccccn1)c1ccccn1. The molecule has 9 nitrogen and oxygen atoms in total. The molecule has 2 amide bonds. The Morgan fingerprint density at radius 2 is 1.55 bits per heavy atom. The number of thiocarbonyl (C=S) groups is 1. The summed E-state index contributed by atoms with van der Waals surface area (Å²) >= 11 is 6.71. The number of pyridine rings is 2. The predicted molar refractivity (Wildman–Crippen MR) is 130 cm³/mol. The van der Waals surface area contributed by atoms with E-state index in [1.165, 1.54) is 16.3 Å². The van der Waals surface area contributed by atoms with Crippen LogP contribution in [0.25, 0.3) is 0 Å². The Balaban J connectivity index is 1.72. The first-order valence-electron chi connectivity index (χ1n) is 9.47. The third-order valence-electron chi connectivity index (χ3n) is 4.05. The molecule has 0 saturated heterocycles. The zero-order valence-electron chi connectivity index (χ0n) is 17.9. The molecule has 0 spiro atoms. The molecule has 2 heterocycles. The molecule has 11 heteroatoms. The first-order chi connectivity index (χ1) is 14.9. The maximum Gasteiger partial charge on any atom is 0.347 e. The van der Waals surface area contributed by atoms with Gasteiger partial charge in [-0.1, -0.05) is 12.1 Å². The summed E-state index contributed by atoms with van der Waals surface area (Å²) in [6, 6.07) is 10.8. The van der Waals surface area contributed by atoms with Gasteiger partial charge >= 0.3 is 6.03 Å². The van der Waals surface area contributed by atoms with Crippen LogP contribution in [0, 0.1) is 0 Å². The zero-order valence-corrected chi connectivity index (χ0v) is 19.6. The molecule has 2 rings (SSSR count). The van der Waals surface area contributed by atoms with Gasteiger partial charge in [-0.05, 0) is 62.3 Å². The number of amides is 2. The maximum absolute atomic E-state index is 12.2. The van der Waals surface area contributed by atoms with Gasteiger partial charge in [0.1, 0.15) is 0 Å². The highest BCUT2D eigenvalue weighted by atomic mass is 32.2. The van der Waals surface area contributed by atoms with Crippen molar-refractivity contribution in [2.75, 3.05) is 26.4 Å². The normalized spacial score (nSPS) is 11.6. The fraction of sp³-hybridized carbons (Fsp3) is 0.300. The van der Waals surface area contributed by atoms with E-state index in [1.54, 1.807) is 26.4 Å². The second-order valence-corrected chi connectivity index (χ2v) is 8.01. The van der Waals surface area contributed by atoms with Crippen LogP contribution in [0.5, 0.6) is 0 Å². The summed E-state index contributed by atoms with van der Waals surface area (Å²) in [4.78, 5) is 22.5. The van der Waals surface area contributed by atoms with Crippen molar-refractivity contribution < 1.29 is 4.79 Å². The lowest BCUT2D eigenvalue weighted by molar-refractivity contribution is 0.231. The van der Waals surface area contributed by atoms with Crippen LogP contribution < -0.4 is 10.9 Å². The van der Waals surface area contributed by atoms with E-state index >= 15 is 0 Å². The summed E-state index contributed by atoms with van der Waals surface area (Å²) in [5, 5.41) is 8.85. The van der Waals surface area contributed by atoms with Gasteiger partial charge in [0.15, 0.2) is 5.11 Å². The lowest BCUT2D eigenvalue weighted by Crippen LogP contribution is -2.37. The molecule has 164 valence electrons. The van der Waals surface area contributed by atoms with Crippen LogP contribution in [0.1, 0.15) is 25.2 Å². The first-order valence-corrected chi connectivity index (χ1v) is 10.8. The summed E-state index contributed by atoms with van der Waals surface area (Å²) in [6.07, 6.45) is 3.40. The molecule has 0 saturated carbocycles. The van der Waals surface area contributed by atoms with Gasteiger partial charge in [0.05, 0.1) is 22.8 Å². The second-order valence-electron chi connectivity index (χ2n) is 6.41. The van der Waals surface area contributed by atoms with Gasteiger partial charge in [0.2, 0.25) is 0 Å². The molecule has 0 unspecified atom stereocenters. The van der Waals surface area contributed by atoms with Crippen molar-refractivity contribution in [1.29, 1.82) is 0 Å². The van der Waals surface area contributed by atoms with E-state index in [0.29, 0.717) is 28.8 Å². The van der Waals surface area contributed by atoms with Crippen LogP contribution in [0.2, 0.25) is 0 Å². The Bertz CT molecular complexity index is 846. The van der Waals surface area contributed by atoms with Crippen LogP contribution in [-0.4, -0.2) is 68.1 Å². The number of hydrogen-bond acceptors (Lipinski definition) is 7. The number of hydrazone groups is 2. The van der Waals surface area contributed by atoms with Gasteiger partial charge in [-0.3, -0.25) is 19.7 Å². The fourth-order valence-corrected chi connectivity index (χ4v) is 3.09. The maximum atomic E-state index is 12.2. The minimum Gasteiger partial charge on any atom is -0.350 e. The topological polar surface area (TPSA) is 98.1 Å². The highest BCUT2D eigenvalue weighted by Gasteiger charge is 2.10. The van der Waals surface area contributed by atoms with Crippen LogP contribution in [-0.2, 0) is 0 Å². The molecular weight excluding hydrogens is 432 g/mol. The number of hydrogen-bond donors (Lipinski definition) is 2. The van der Waals surface area contributed by atoms with Crippen LogP contribution >= 0.6 is 24.2 Å². The molecular formula is C20H26N8OS2. The molecule has 2 N–H and O–H groups in total. The minimum atomic E-state index is -0.320. The quantitative estimate of drug-likeness (QED) is 0.272. The molecule has 0 aliphatic rings. The molecule has 0 aromatic carbocycles. The molecule has 0 aliphatic carbocycles. The standard InChI is InChI=1S/C20H26N8OS2/c1-15(17-9-5-7-11-21-17)23-25-19(29)28(4)31-14-13-27(3)20(30)26-24-16(2)18-10-6-8-12-22-18/h5-12H,13-14H2,1-4H3,(H,25,29)(H,26,30)/b23-15+,24-16-. The first kappa shape index (κ1) is 24.2. The van der Waals surface area contributed by atoms with E-state index in [9.17, 15) is 4.79 Å². The third-order valence-corrected chi connectivity index (χ3v) is 5.38. The fourth-order valence-electron chi connectivity index (χ4n) is 2.16. The zero-order chi connectivity index (χ0) is 22.6. The molecule has 0 bridgehead atoms. The highest BCUT2D eigenvalue weighted by Crippen LogP contribution is 2.07. The van der Waals surface area contributed by atoms with Crippen LogP contribution in [0.15, 0.2) is 59.0 Å². The molecule has 31 heavy (non-hydrogen) atoms. The monoisotopic (exact) mass is 458 g/mol. The molecule has 0 atom stereocenters. The number of urea groups is 1. The number of nitrogens with zero attached hydrogens (tertiary/aromatic N) is 6. The Hall–Kier alpha value is -3.05. The van der Waals surface area contributed by atoms with Crippen molar-refractivity contribution in [3.63, 3.8) is 0 Å². The summed E-state index contributed by atoms with van der Waals surface area (Å²) in [5.74, 6) is 0.647. The lowest BCUT2D eigenvalue weighted by atomic mass is 10.3. The Kier molecular flexibility index (Phi) is 9.85. The van der Waals surface area contributed by atoms with Crippen molar-refractivity contribution in [1.82, 2.24) is 30.0 Å². The number of rotatable bonds is 8. The highest BCUT2D eigenvalue weighted by molar-refractivity contribution is 7.97. The van der Waals surface area contributed by atoms with Gasteiger partial charge in [-0.2, -0.15) is 10.2 Å². The molecule has 2 aromatic rings. The number of carbonyl (C=O) groups excluding carboxylic acids is 1. The second kappa shape index (κ2) is 12.6. The number of nitrogens with one attached hydrogen (secondary N) is 2. The molecule has 0 aliphatic heterocycles. The summed E-state index contributed by atoms with van der Waals surface area (Å²) in [6.45, 7) is 4.28. The van der Waals surface area contributed by atoms with E-state index in [0.717, 1.165) is 11.4 Å². The Labute approximate surface area is 192 Å². The lowest BCUT2D eigenvalue weighted by Gasteiger charge is -2.21. The van der Waals surface area contributed by atoms with Gasteiger partial charge in [-0.15, -0.1) is 0 Å². The van der Waals surface area contributed by atoms with E-state index < -0.39 is 0 Å². The average Bonchev–Trinajstić information content (AvgIpc) is 2.81. The number of carbonyl (C=O) groups is 1. The minimum absolute atomic E-state index is 0.320. The summed E-state index contributed by atoms with van der Waals surface area (Å²) < 4.78 is 1.49. The van der Waals surface area contributed by atoms with E-state index in [1.807, 2.05) is 55.3 Å². The van der Waals surface area contributed by atoms with Crippen LogP contribution in [0.3, 0.4) is 0 Å². The van der Waals surface area contributed by atoms with Gasteiger partial charge in [0, 0.05) is 38.8 Å². The van der Waals surface area contributed by atoms with E-state index in [2.05, 4.69) is 31.0 Å². The third kappa shape index (κ3) is 8.30. The van der Waals surface area contributed by atoms with Gasteiger partial charge < -0.3 is 4.90 Å². The Morgan fingerprint density at radius 1 is 1.00 bits per heavy atom. The molecule has 0 radical (unpaired) electrons. The van der Waals surface area contributed by atoms with Gasteiger partial charge in [0.25, 0.3) is 0 Å². The Morgan fingerprint density at radius 3 is 2.06 bits per heavy atom. The summed E-state index contributed by atoms with van der Waals surface area (Å²) in [7, 11) is 3.55. The number of aromatic nitrogens is 2. The van der Waals surface area contributed by atoms with Crippen molar-refractivity contribution in [2.45, 2.75) is 13.8 Å². The summed E-state index contributed by atoms with van der Waals surface area (Å²) in [5.41, 5.74) is 8.26. The average molecular weight is 459 g/mol. The van der Waals surface area contributed by atoms with Crippen LogP contribution in [0.4, 0.5) is 4.79 Å². The van der Waals surface area contributed by atoms with Crippen molar-refractivity contribution in [3.8, 4) is 0 Å².